The van der Waals surface area contributed by atoms with Crippen LogP contribution in [0.5, 0.6) is 5.75 Å². The van der Waals surface area contributed by atoms with E-state index in [9.17, 15) is 22.9 Å². The van der Waals surface area contributed by atoms with Crippen molar-refractivity contribution in [3.8, 4) is 5.75 Å². The number of nitro benzene ring substituents is 1. The Morgan fingerprint density at radius 2 is 1.90 bits per heavy atom. The zero-order valence-corrected chi connectivity index (χ0v) is 17.2. The van der Waals surface area contributed by atoms with E-state index in [0.29, 0.717) is 5.75 Å². The summed E-state index contributed by atoms with van der Waals surface area (Å²) in [5.41, 5.74) is -0.140. The Hall–Kier alpha value is -2.98. The fourth-order valence-corrected chi connectivity index (χ4v) is 5.05. The number of aryl methyl sites for hydroxylation is 1. The van der Waals surface area contributed by atoms with Crippen LogP contribution in [-0.2, 0) is 16.6 Å². The lowest BCUT2D eigenvalue weighted by Gasteiger charge is -2.24. The largest absolute Gasteiger partial charge is 0.497 e. The van der Waals surface area contributed by atoms with Crippen molar-refractivity contribution in [2.75, 3.05) is 11.4 Å². The van der Waals surface area contributed by atoms with E-state index in [0.717, 1.165) is 21.3 Å². The number of thiophene rings is 1. The van der Waals surface area contributed by atoms with Gasteiger partial charge >= 0.3 is 0 Å². The van der Waals surface area contributed by atoms with Gasteiger partial charge in [0.1, 0.15) is 16.5 Å². The number of benzene rings is 2. The second-order valence-corrected chi connectivity index (χ2v) is 8.98. The van der Waals surface area contributed by atoms with E-state index in [2.05, 4.69) is 0 Å². The van der Waals surface area contributed by atoms with Crippen LogP contribution in [0.1, 0.15) is 10.4 Å². The van der Waals surface area contributed by atoms with E-state index >= 15 is 0 Å². The van der Waals surface area contributed by atoms with Gasteiger partial charge in [-0.2, -0.15) is 0 Å². The summed E-state index contributed by atoms with van der Waals surface area (Å²) in [5, 5.41) is 13.0. The highest BCUT2D eigenvalue weighted by atomic mass is 32.2. The zero-order chi connectivity index (χ0) is 21.2. The molecular weight excluding hydrogens is 419 g/mol. The number of anilines is 1. The van der Waals surface area contributed by atoms with Crippen molar-refractivity contribution in [1.29, 1.82) is 0 Å². The van der Waals surface area contributed by atoms with Gasteiger partial charge in [0.05, 0.1) is 24.3 Å². The molecule has 0 fully saturated rings. The number of nitrogens with zero attached hydrogens (tertiary/aromatic N) is 2. The van der Waals surface area contributed by atoms with Gasteiger partial charge in [0.25, 0.3) is 15.7 Å². The van der Waals surface area contributed by atoms with E-state index in [4.69, 9.17) is 4.74 Å². The molecule has 0 saturated carbocycles. The molecule has 0 unspecified atom stereocenters. The molecule has 0 aliphatic heterocycles. The molecule has 2 aromatic carbocycles. The Balaban J connectivity index is 2.15. The number of hydrogen-bond acceptors (Lipinski definition) is 6. The first-order chi connectivity index (χ1) is 13.7. The quantitative estimate of drug-likeness (QED) is 0.402. The van der Waals surface area contributed by atoms with Gasteiger partial charge in [-0.25, -0.2) is 12.8 Å². The van der Waals surface area contributed by atoms with Crippen molar-refractivity contribution in [3.63, 3.8) is 0 Å². The average molecular weight is 436 g/mol. The van der Waals surface area contributed by atoms with Gasteiger partial charge in [0, 0.05) is 16.5 Å². The van der Waals surface area contributed by atoms with E-state index in [1.807, 2.05) is 0 Å². The van der Waals surface area contributed by atoms with Gasteiger partial charge in [0.2, 0.25) is 0 Å². The summed E-state index contributed by atoms with van der Waals surface area (Å²) >= 11 is 1.35. The maximum Gasteiger partial charge on any atom is 0.273 e. The first-order valence-corrected chi connectivity index (χ1v) is 10.7. The van der Waals surface area contributed by atoms with Gasteiger partial charge in [-0.05, 0) is 48.7 Å². The molecule has 3 rings (SSSR count). The second-order valence-electron chi connectivity index (χ2n) is 6.12. The predicted octanol–water partition coefficient (Wildman–Crippen LogP) is 4.51. The monoisotopic (exact) mass is 436 g/mol. The van der Waals surface area contributed by atoms with E-state index in [1.165, 1.54) is 37.5 Å². The molecule has 1 heterocycles. The van der Waals surface area contributed by atoms with Crippen LogP contribution in [0.4, 0.5) is 15.8 Å². The van der Waals surface area contributed by atoms with E-state index < -0.39 is 31.3 Å². The zero-order valence-electron chi connectivity index (χ0n) is 15.5. The summed E-state index contributed by atoms with van der Waals surface area (Å²) in [6.07, 6.45) is 0. The maximum absolute atomic E-state index is 14.6. The van der Waals surface area contributed by atoms with E-state index in [1.54, 1.807) is 29.6 Å². The molecule has 10 heteroatoms. The minimum absolute atomic E-state index is 0.0423. The lowest BCUT2D eigenvalue weighted by atomic mass is 10.2. The maximum atomic E-state index is 14.6. The molecule has 0 spiro atoms. The third-order valence-electron chi connectivity index (χ3n) is 4.26. The van der Waals surface area contributed by atoms with Crippen LogP contribution >= 0.6 is 11.3 Å². The number of ether oxygens (including phenoxy) is 1. The van der Waals surface area contributed by atoms with Gasteiger partial charge in [-0.1, -0.05) is 6.07 Å². The number of nitro groups is 1. The molecule has 0 aliphatic rings. The van der Waals surface area contributed by atoms with Crippen LogP contribution in [0, 0.1) is 22.9 Å². The molecule has 0 atom stereocenters. The smallest absolute Gasteiger partial charge is 0.273 e. The van der Waals surface area contributed by atoms with E-state index in [-0.39, 0.29) is 17.8 Å². The standard InChI is InChI=1S/C19H17FN2O5S2/c1-13-10-17(20)19(11-18(13)22(23)24)29(25,26)21(12-16-4-3-9-28-16)14-5-7-15(27-2)8-6-14/h3-11H,12H2,1-2H3. The summed E-state index contributed by atoms with van der Waals surface area (Å²) in [5.74, 6) is -0.517. The minimum atomic E-state index is -4.43. The molecule has 0 bridgehead atoms. The Kier molecular flexibility index (Phi) is 5.85. The Bertz CT molecular complexity index is 1130. The summed E-state index contributed by atoms with van der Waals surface area (Å²) in [4.78, 5) is 10.5. The minimum Gasteiger partial charge on any atom is -0.497 e. The molecular formula is C19H17FN2O5S2. The molecule has 0 amide bonds. The second kappa shape index (κ2) is 8.18. The lowest BCUT2D eigenvalue weighted by molar-refractivity contribution is -0.385. The Labute approximate surface area is 171 Å². The summed E-state index contributed by atoms with van der Waals surface area (Å²) in [6.45, 7) is 1.30. The third-order valence-corrected chi connectivity index (χ3v) is 6.91. The van der Waals surface area contributed by atoms with Crippen molar-refractivity contribution in [2.24, 2.45) is 0 Å². The molecule has 152 valence electrons. The molecule has 3 aromatic rings. The fraction of sp³-hybridized carbons (Fsp3) is 0.158. The lowest BCUT2D eigenvalue weighted by Crippen LogP contribution is -2.31. The normalized spacial score (nSPS) is 11.3. The predicted molar refractivity (Wildman–Crippen MR) is 108 cm³/mol. The number of halogens is 1. The molecule has 0 radical (unpaired) electrons. The summed E-state index contributed by atoms with van der Waals surface area (Å²) in [7, 11) is -2.95. The molecule has 7 nitrogen and oxygen atoms in total. The van der Waals surface area contributed by atoms with Crippen molar-refractivity contribution in [2.45, 2.75) is 18.4 Å². The third kappa shape index (κ3) is 4.22. The average Bonchev–Trinajstić information content (AvgIpc) is 3.19. The highest BCUT2D eigenvalue weighted by Gasteiger charge is 2.31. The van der Waals surface area contributed by atoms with Crippen molar-refractivity contribution in [1.82, 2.24) is 0 Å². The number of rotatable bonds is 7. The van der Waals surface area contributed by atoms with Gasteiger partial charge in [-0.3, -0.25) is 14.4 Å². The summed E-state index contributed by atoms with van der Waals surface area (Å²) in [6, 6.07) is 11.4. The van der Waals surface area contributed by atoms with Crippen LogP contribution in [0.25, 0.3) is 0 Å². The van der Waals surface area contributed by atoms with Crippen LogP contribution < -0.4 is 9.04 Å². The van der Waals surface area contributed by atoms with Crippen LogP contribution in [0.3, 0.4) is 0 Å². The molecule has 29 heavy (non-hydrogen) atoms. The molecule has 0 aliphatic carbocycles. The SMILES string of the molecule is COc1ccc(N(Cc2cccs2)S(=O)(=O)c2cc([N+](=O)[O-])c(C)cc2F)cc1. The Morgan fingerprint density at radius 3 is 2.45 bits per heavy atom. The van der Waals surface area contributed by atoms with Gasteiger partial charge in [0.15, 0.2) is 0 Å². The first-order valence-electron chi connectivity index (χ1n) is 8.37. The number of methoxy groups -OCH3 is 1. The van der Waals surface area contributed by atoms with Gasteiger partial charge < -0.3 is 4.74 Å². The molecule has 0 saturated heterocycles. The summed E-state index contributed by atoms with van der Waals surface area (Å²) < 4.78 is 47.5. The van der Waals surface area contributed by atoms with Crippen molar-refractivity contribution in [3.05, 3.63) is 80.3 Å². The molecule has 0 N–H and O–H groups in total. The molecule has 1 aromatic heterocycles. The topological polar surface area (TPSA) is 89.8 Å². The van der Waals surface area contributed by atoms with Crippen molar-refractivity contribution < 1.29 is 22.5 Å². The van der Waals surface area contributed by atoms with Crippen LogP contribution in [0.2, 0.25) is 0 Å². The highest BCUT2D eigenvalue weighted by Crippen LogP contribution is 2.32. The Morgan fingerprint density at radius 1 is 1.21 bits per heavy atom. The number of hydrogen-bond donors (Lipinski definition) is 0. The highest BCUT2D eigenvalue weighted by molar-refractivity contribution is 7.92. The van der Waals surface area contributed by atoms with Crippen LogP contribution in [0.15, 0.2) is 58.8 Å². The fourth-order valence-electron chi connectivity index (χ4n) is 2.76. The van der Waals surface area contributed by atoms with Gasteiger partial charge in [-0.15, -0.1) is 11.3 Å². The van der Waals surface area contributed by atoms with Crippen molar-refractivity contribution >= 4 is 32.7 Å². The van der Waals surface area contributed by atoms with Crippen LogP contribution in [-0.4, -0.2) is 20.5 Å². The number of sulfonamides is 1. The first kappa shape index (κ1) is 20.7.